The van der Waals surface area contributed by atoms with Gasteiger partial charge in [-0.2, -0.15) is 0 Å². The highest BCUT2D eigenvalue weighted by molar-refractivity contribution is 7.14. The molecule has 27 heavy (non-hydrogen) atoms. The molecule has 2 fully saturated rings. The van der Waals surface area contributed by atoms with Gasteiger partial charge in [-0.25, -0.2) is 0 Å². The molecule has 0 bridgehead atoms. The highest BCUT2D eigenvalue weighted by Crippen LogP contribution is 2.44. The fourth-order valence-corrected chi connectivity index (χ4v) is 5.75. The van der Waals surface area contributed by atoms with E-state index in [0.717, 1.165) is 50.2 Å². The molecule has 2 saturated heterocycles. The Labute approximate surface area is 163 Å². The molecule has 1 aromatic heterocycles. The molecule has 3 aliphatic heterocycles. The Bertz CT molecular complexity index is 727. The molecule has 148 valence electrons. The van der Waals surface area contributed by atoms with Crippen LogP contribution in [0.15, 0.2) is 6.07 Å². The van der Waals surface area contributed by atoms with Gasteiger partial charge in [-0.3, -0.25) is 14.5 Å². The lowest BCUT2D eigenvalue weighted by atomic mass is 9.82. The van der Waals surface area contributed by atoms with Crippen LogP contribution in [0, 0.1) is 5.92 Å². The molecule has 3 aliphatic rings. The molecule has 8 heteroatoms. The number of nitrogens with two attached hydrogens (primary N) is 1. The van der Waals surface area contributed by atoms with Crippen LogP contribution >= 0.6 is 11.3 Å². The Morgan fingerprint density at radius 1 is 1.33 bits per heavy atom. The standard InChI is InChI=1S/C19H27N3O4S/c20-17(24)11-21-6-3-19(4-7-21)14-9-16(27-15(14)2-8-26-19)18(25)22-5-1-13(10-22)12-23/h9,13,23H,1-8,10-12H2,(H2,20,24). The SMILES string of the molecule is NC(=O)CN1CCC2(CC1)OCCc1sc(C(=O)N3CCC(CO)C3)cc12. The van der Waals surface area contributed by atoms with Gasteiger partial charge >= 0.3 is 0 Å². The third-order valence-electron chi connectivity index (χ3n) is 6.09. The molecule has 0 aromatic carbocycles. The Morgan fingerprint density at radius 3 is 2.78 bits per heavy atom. The van der Waals surface area contributed by atoms with Crippen molar-refractivity contribution in [3.05, 3.63) is 21.4 Å². The number of ether oxygens (including phenoxy) is 1. The number of hydrogen-bond donors (Lipinski definition) is 2. The lowest BCUT2D eigenvalue weighted by molar-refractivity contribution is -0.123. The summed E-state index contributed by atoms with van der Waals surface area (Å²) >= 11 is 1.60. The van der Waals surface area contributed by atoms with Crippen molar-refractivity contribution in [1.82, 2.24) is 9.80 Å². The van der Waals surface area contributed by atoms with Gasteiger partial charge in [0, 0.05) is 50.0 Å². The molecule has 1 aromatic rings. The Balaban J connectivity index is 1.51. The van der Waals surface area contributed by atoms with Crippen molar-refractivity contribution in [3.63, 3.8) is 0 Å². The van der Waals surface area contributed by atoms with E-state index in [1.54, 1.807) is 11.3 Å². The summed E-state index contributed by atoms with van der Waals surface area (Å²) in [5.41, 5.74) is 6.15. The first-order valence-electron chi connectivity index (χ1n) is 9.69. The largest absolute Gasteiger partial charge is 0.396 e. The second-order valence-corrected chi connectivity index (χ2v) is 9.01. The maximum absolute atomic E-state index is 12.9. The van der Waals surface area contributed by atoms with Crippen LogP contribution in [0.3, 0.4) is 0 Å². The zero-order valence-corrected chi connectivity index (χ0v) is 16.3. The first-order valence-corrected chi connectivity index (χ1v) is 10.5. The Morgan fingerprint density at radius 2 is 2.11 bits per heavy atom. The highest BCUT2D eigenvalue weighted by Gasteiger charge is 2.43. The van der Waals surface area contributed by atoms with Gasteiger partial charge in [-0.1, -0.05) is 0 Å². The minimum Gasteiger partial charge on any atom is -0.396 e. The zero-order chi connectivity index (χ0) is 19.0. The van der Waals surface area contributed by atoms with Crippen LogP contribution in [0.2, 0.25) is 0 Å². The third kappa shape index (κ3) is 3.63. The van der Waals surface area contributed by atoms with Crippen LogP contribution in [-0.2, 0) is 21.6 Å². The highest BCUT2D eigenvalue weighted by atomic mass is 32.1. The zero-order valence-electron chi connectivity index (χ0n) is 15.5. The summed E-state index contributed by atoms with van der Waals surface area (Å²) in [5, 5.41) is 9.33. The smallest absolute Gasteiger partial charge is 0.263 e. The predicted octanol–water partition coefficient (Wildman–Crippen LogP) is 0.552. The molecule has 7 nitrogen and oxygen atoms in total. The van der Waals surface area contributed by atoms with E-state index >= 15 is 0 Å². The maximum atomic E-state index is 12.9. The van der Waals surface area contributed by atoms with Crippen LogP contribution in [0.4, 0.5) is 0 Å². The van der Waals surface area contributed by atoms with Crippen LogP contribution in [0.1, 0.15) is 39.4 Å². The minimum atomic E-state index is -0.338. The molecular weight excluding hydrogens is 366 g/mol. The van der Waals surface area contributed by atoms with Crippen LogP contribution in [0.25, 0.3) is 0 Å². The van der Waals surface area contributed by atoms with Gasteiger partial charge in [-0.15, -0.1) is 11.3 Å². The molecule has 1 spiro atoms. The number of aliphatic hydroxyl groups excluding tert-OH is 1. The topological polar surface area (TPSA) is 96.1 Å². The molecule has 4 rings (SSSR count). The van der Waals surface area contributed by atoms with E-state index in [1.807, 2.05) is 11.0 Å². The van der Waals surface area contributed by atoms with E-state index in [2.05, 4.69) is 4.90 Å². The summed E-state index contributed by atoms with van der Waals surface area (Å²) in [4.78, 5) is 30.1. The minimum absolute atomic E-state index is 0.0756. The fraction of sp³-hybridized carbons (Fsp3) is 0.684. The summed E-state index contributed by atoms with van der Waals surface area (Å²) < 4.78 is 6.25. The van der Waals surface area contributed by atoms with E-state index in [-0.39, 0.29) is 36.5 Å². The van der Waals surface area contributed by atoms with Crippen molar-refractivity contribution in [2.45, 2.75) is 31.3 Å². The predicted molar refractivity (Wildman–Crippen MR) is 102 cm³/mol. The van der Waals surface area contributed by atoms with Gasteiger partial charge in [0.1, 0.15) is 0 Å². The summed E-state index contributed by atoms with van der Waals surface area (Å²) in [6.45, 7) is 4.00. The third-order valence-corrected chi connectivity index (χ3v) is 7.28. The number of fused-ring (bicyclic) bond motifs is 2. The lowest BCUT2D eigenvalue weighted by Crippen LogP contribution is -2.48. The Hall–Kier alpha value is -1.48. The first-order chi connectivity index (χ1) is 13.0. The number of likely N-dealkylation sites (tertiary alicyclic amines) is 2. The van der Waals surface area contributed by atoms with E-state index in [9.17, 15) is 14.7 Å². The monoisotopic (exact) mass is 393 g/mol. The number of rotatable bonds is 4. The number of piperidine rings is 1. The van der Waals surface area contributed by atoms with E-state index in [1.165, 1.54) is 10.4 Å². The number of carbonyl (C=O) groups excluding carboxylic acids is 2. The van der Waals surface area contributed by atoms with E-state index in [0.29, 0.717) is 13.2 Å². The summed E-state index contributed by atoms with van der Waals surface area (Å²) in [5.74, 6) is -0.0223. The first kappa shape index (κ1) is 18.9. The van der Waals surface area contributed by atoms with E-state index in [4.69, 9.17) is 10.5 Å². The Kier molecular flexibility index (Phi) is 5.24. The summed E-state index contributed by atoms with van der Waals surface area (Å²) in [6, 6.07) is 2.04. The van der Waals surface area contributed by atoms with Crippen molar-refractivity contribution < 1.29 is 19.4 Å². The molecule has 0 saturated carbocycles. The average molecular weight is 394 g/mol. The maximum Gasteiger partial charge on any atom is 0.263 e. The van der Waals surface area contributed by atoms with Crippen molar-refractivity contribution in [2.75, 3.05) is 45.9 Å². The quantitative estimate of drug-likeness (QED) is 0.779. The van der Waals surface area contributed by atoms with Gasteiger partial charge in [0.05, 0.1) is 23.6 Å². The molecule has 1 unspecified atom stereocenters. The van der Waals surface area contributed by atoms with Gasteiger partial charge in [0.15, 0.2) is 0 Å². The molecular formula is C19H27N3O4S. The van der Waals surface area contributed by atoms with Crippen LogP contribution < -0.4 is 5.73 Å². The number of primary amides is 1. The van der Waals surface area contributed by atoms with Gasteiger partial charge in [-0.05, 0) is 30.9 Å². The average Bonchev–Trinajstić information content (AvgIpc) is 3.30. The number of nitrogens with zero attached hydrogens (tertiary/aromatic N) is 2. The molecule has 4 heterocycles. The number of carbonyl (C=O) groups is 2. The van der Waals surface area contributed by atoms with Crippen molar-refractivity contribution in [1.29, 1.82) is 0 Å². The van der Waals surface area contributed by atoms with Crippen molar-refractivity contribution in [2.24, 2.45) is 11.7 Å². The number of aliphatic hydroxyl groups is 1. The number of hydrogen-bond acceptors (Lipinski definition) is 6. The lowest BCUT2D eigenvalue weighted by Gasteiger charge is -2.43. The molecule has 0 radical (unpaired) electrons. The van der Waals surface area contributed by atoms with Crippen molar-refractivity contribution >= 4 is 23.2 Å². The molecule has 3 N–H and O–H groups in total. The van der Waals surface area contributed by atoms with Gasteiger partial charge in [0.2, 0.25) is 5.91 Å². The summed E-state index contributed by atoms with van der Waals surface area (Å²) in [7, 11) is 0. The number of thiophene rings is 1. The number of amides is 2. The van der Waals surface area contributed by atoms with E-state index < -0.39 is 0 Å². The second-order valence-electron chi connectivity index (χ2n) is 7.87. The normalized spacial score (nSPS) is 24.9. The van der Waals surface area contributed by atoms with Gasteiger partial charge in [0.25, 0.3) is 5.91 Å². The van der Waals surface area contributed by atoms with Crippen LogP contribution in [0.5, 0.6) is 0 Å². The molecule has 0 aliphatic carbocycles. The summed E-state index contributed by atoms with van der Waals surface area (Å²) in [6.07, 6.45) is 3.34. The van der Waals surface area contributed by atoms with Crippen LogP contribution in [-0.4, -0.2) is 72.7 Å². The second kappa shape index (κ2) is 7.50. The molecule has 1 atom stereocenters. The van der Waals surface area contributed by atoms with Crippen molar-refractivity contribution in [3.8, 4) is 0 Å². The van der Waals surface area contributed by atoms with Gasteiger partial charge < -0.3 is 20.5 Å². The molecule has 2 amide bonds. The fourth-order valence-electron chi connectivity index (χ4n) is 4.55.